The van der Waals surface area contributed by atoms with Crippen molar-refractivity contribution in [2.24, 2.45) is 5.41 Å². The molecule has 3 aromatic rings. The average molecular weight is 391 g/mol. The monoisotopic (exact) mass is 391 g/mol. The molecular weight excluding hydrogens is 366 g/mol. The van der Waals surface area contributed by atoms with E-state index in [0.717, 1.165) is 17.0 Å². The highest BCUT2D eigenvalue weighted by Crippen LogP contribution is 2.42. The summed E-state index contributed by atoms with van der Waals surface area (Å²) in [4.78, 5) is 30.6. The molecule has 2 aromatic heterocycles. The van der Waals surface area contributed by atoms with Crippen molar-refractivity contribution < 1.29 is 14.3 Å². The predicted molar refractivity (Wildman–Crippen MR) is 111 cm³/mol. The molecule has 0 spiro atoms. The second-order valence-corrected chi connectivity index (χ2v) is 8.54. The van der Waals surface area contributed by atoms with Gasteiger partial charge in [-0.25, -0.2) is 4.98 Å². The largest absolute Gasteiger partial charge is 0.356 e. The first-order valence-corrected chi connectivity index (χ1v) is 9.73. The fourth-order valence-corrected chi connectivity index (χ4v) is 3.33. The van der Waals surface area contributed by atoms with Gasteiger partial charge in [0.15, 0.2) is 17.5 Å². The molecule has 2 atom stereocenters. The molecule has 6 heteroatoms. The molecule has 1 N–H and O–H groups in total. The number of ketones is 1. The number of amides is 1. The Morgan fingerprint density at radius 1 is 1.10 bits per heavy atom. The molecule has 29 heavy (non-hydrogen) atoms. The topological polar surface area (TPSA) is 76.0 Å². The SMILES string of the molecule is Cc1nc2c(NC(=O)C(C)(C)C)c(C(=O)C3OC3c3ccccc3)ccn2c1C. The number of aromatic nitrogens is 2. The maximum atomic E-state index is 13.3. The fourth-order valence-electron chi connectivity index (χ4n) is 3.33. The zero-order valence-corrected chi connectivity index (χ0v) is 17.3. The quantitative estimate of drug-likeness (QED) is 0.533. The Morgan fingerprint density at radius 3 is 2.45 bits per heavy atom. The van der Waals surface area contributed by atoms with Crippen molar-refractivity contribution in [1.82, 2.24) is 9.38 Å². The number of fused-ring (bicyclic) bond motifs is 1. The van der Waals surface area contributed by atoms with Crippen LogP contribution < -0.4 is 5.32 Å². The van der Waals surface area contributed by atoms with Crippen molar-refractivity contribution in [2.45, 2.75) is 46.8 Å². The molecule has 4 rings (SSSR count). The predicted octanol–water partition coefficient (Wildman–Crippen LogP) is 4.26. The number of carbonyl (C=O) groups excluding carboxylic acids is 2. The van der Waals surface area contributed by atoms with Gasteiger partial charge >= 0.3 is 0 Å². The number of hydrogen-bond acceptors (Lipinski definition) is 4. The molecule has 0 aliphatic carbocycles. The molecule has 150 valence electrons. The van der Waals surface area contributed by atoms with Gasteiger partial charge < -0.3 is 14.5 Å². The smallest absolute Gasteiger partial charge is 0.229 e. The molecule has 0 saturated carbocycles. The number of Topliss-reactive ketones (excluding diaryl/α,β-unsaturated/α-hetero) is 1. The van der Waals surface area contributed by atoms with Gasteiger partial charge in [-0.1, -0.05) is 51.1 Å². The number of anilines is 1. The van der Waals surface area contributed by atoms with Gasteiger partial charge in [0.1, 0.15) is 6.10 Å². The van der Waals surface area contributed by atoms with Gasteiger partial charge in [-0.15, -0.1) is 0 Å². The molecule has 1 aliphatic rings. The second-order valence-electron chi connectivity index (χ2n) is 8.54. The Hall–Kier alpha value is -2.99. The number of benzene rings is 1. The van der Waals surface area contributed by atoms with Gasteiger partial charge in [-0.2, -0.15) is 0 Å². The first-order valence-electron chi connectivity index (χ1n) is 9.73. The van der Waals surface area contributed by atoms with Crippen LogP contribution in [-0.4, -0.2) is 27.2 Å². The average Bonchev–Trinajstić information content (AvgIpc) is 3.43. The van der Waals surface area contributed by atoms with E-state index in [0.29, 0.717) is 16.9 Å². The summed E-state index contributed by atoms with van der Waals surface area (Å²) in [5.41, 5.74) is 3.62. The highest BCUT2D eigenvalue weighted by atomic mass is 16.6. The molecule has 0 bridgehead atoms. The lowest BCUT2D eigenvalue weighted by atomic mass is 9.95. The number of nitrogens with zero attached hydrogens (tertiary/aromatic N) is 2. The summed E-state index contributed by atoms with van der Waals surface area (Å²) in [5, 5.41) is 2.95. The van der Waals surface area contributed by atoms with Crippen LogP contribution in [0.1, 0.15) is 54.2 Å². The highest BCUT2D eigenvalue weighted by Gasteiger charge is 2.47. The van der Waals surface area contributed by atoms with Crippen molar-refractivity contribution in [3.63, 3.8) is 0 Å². The van der Waals surface area contributed by atoms with Gasteiger partial charge in [0, 0.05) is 22.9 Å². The number of aryl methyl sites for hydroxylation is 2. The Morgan fingerprint density at radius 2 is 1.79 bits per heavy atom. The third kappa shape index (κ3) is 3.44. The maximum Gasteiger partial charge on any atom is 0.229 e. The fraction of sp³-hybridized carbons (Fsp3) is 0.348. The summed E-state index contributed by atoms with van der Waals surface area (Å²) in [7, 11) is 0. The Kier molecular flexibility index (Phi) is 4.54. The minimum Gasteiger partial charge on any atom is -0.356 e. The minimum absolute atomic E-state index is 0.149. The summed E-state index contributed by atoms with van der Waals surface area (Å²) in [5.74, 6) is -0.321. The van der Waals surface area contributed by atoms with Crippen LogP contribution in [0.4, 0.5) is 5.69 Å². The lowest BCUT2D eigenvalue weighted by molar-refractivity contribution is -0.123. The molecule has 1 saturated heterocycles. The number of pyridine rings is 1. The first-order chi connectivity index (χ1) is 13.7. The van der Waals surface area contributed by atoms with Crippen LogP contribution in [0, 0.1) is 19.3 Å². The summed E-state index contributed by atoms with van der Waals surface area (Å²) in [6.45, 7) is 9.38. The molecular formula is C23H25N3O3. The van der Waals surface area contributed by atoms with E-state index in [9.17, 15) is 9.59 Å². The lowest BCUT2D eigenvalue weighted by Crippen LogP contribution is -2.29. The maximum absolute atomic E-state index is 13.3. The third-order valence-electron chi connectivity index (χ3n) is 5.33. The Bertz CT molecular complexity index is 1110. The van der Waals surface area contributed by atoms with Crippen LogP contribution >= 0.6 is 0 Å². The summed E-state index contributed by atoms with van der Waals surface area (Å²) in [6, 6.07) is 11.4. The number of nitrogens with one attached hydrogen (secondary N) is 1. The minimum atomic E-state index is -0.605. The van der Waals surface area contributed by atoms with Gasteiger partial charge in [-0.05, 0) is 25.5 Å². The van der Waals surface area contributed by atoms with E-state index in [4.69, 9.17) is 4.74 Å². The lowest BCUT2D eigenvalue weighted by Gasteiger charge is -2.19. The zero-order valence-electron chi connectivity index (χ0n) is 17.3. The summed E-state index contributed by atoms with van der Waals surface area (Å²) in [6.07, 6.45) is 1.02. The van der Waals surface area contributed by atoms with Crippen LogP contribution in [-0.2, 0) is 9.53 Å². The van der Waals surface area contributed by atoms with E-state index in [1.807, 2.05) is 75.5 Å². The molecule has 3 heterocycles. The number of ether oxygens (including phenoxy) is 1. The number of carbonyl (C=O) groups is 2. The van der Waals surface area contributed by atoms with E-state index in [1.165, 1.54) is 0 Å². The normalized spacial score (nSPS) is 18.7. The van der Waals surface area contributed by atoms with Crippen molar-refractivity contribution in [1.29, 1.82) is 0 Å². The number of imidazole rings is 1. The highest BCUT2D eigenvalue weighted by molar-refractivity contribution is 6.11. The van der Waals surface area contributed by atoms with Gasteiger partial charge in [-0.3, -0.25) is 9.59 Å². The van der Waals surface area contributed by atoms with Crippen LogP contribution in [0.15, 0.2) is 42.6 Å². The number of rotatable bonds is 4. The van der Waals surface area contributed by atoms with E-state index < -0.39 is 11.5 Å². The van der Waals surface area contributed by atoms with E-state index >= 15 is 0 Å². The molecule has 2 unspecified atom stereocenters. The number of epoxide rings is 1. The molecule has 6 nitrogen and oxygen atoms in total. The zero-order chi connectivity index (χ0) is 20.9. The van der Waals surface area contributed by atoms with Crippen LogP contribution in [0.5, 0.6) is 0 Å². The van der Waals surface area contributed by atoms with Crippen LogP contribution in [0.25, 0.3) is 5.65 Å². The van der Waals surface area contributed by atoms with E-state index in [1.54, 1.807) is 6.07 Å². The number of hydrogen-bond donors (Lipinski definition) is 1. The molecule has 1 amide bonds. The molecule has 0 radical (unpaired) electrons. The van der Waals surface area contributed by atoms with Crippen LogP contribution in [0.2, 0.25) is 0 Å². The van der Waals surface area contributed by atoms with E-state index in [-0.39, 0.29) is 17.8 Å². The first kappa shape index (κ1) is 19.3. The van der Waals surface area contributed by atoms with Gasteiger partial charge in [0.25, 0.3) is 0 Å². The van der Waals surface area contributed by atoms with Gasteiger partial charge in [0.05, 0.1) is 11.4 Å². The standard InChI is InChI=1S/C23H25N3O3/c1-13-14(2)26-12-11-16(17(21(26)24-13)25-22(28)23(3,4)5)18(27)20-19(29-20)15-9-7-6-8-10-15/h6-12,19-20H,1-5H3,(H,25,28). The van der Waals surface area contributed by atoms with Crippen molar-refractivity contribution in [3.8, 4) is 0 Å². The van der Waals surface area contributed by atoms with Crippen molar-refractivity contribution >= 4 is 23.0 Å². The molecule has 1 aliphatic heterocycles. The Labute approximate surface area is 169 Å². The van der Waals surface area contributed by atoms with Crippen LogP contribution in [0.3, 0.4) is 0 Å². The summed E-state index contributed by atoms with van der Waals surface area (Å²) >= 11 is 0. The Balaban J connectivity index is 1.75. The van der Waals surface area contributed by atoms with Crippen molar-refractivity contribution in [3.05, 3.63) is 65.1 Å². The van der Waals surface area contributed by atoms with Crippen molar-refractivity contribution in [2.75, 3.05) is 5.32 Å². The van der Waals surface area contributed by atoms with Gasteiger partial charge in [0.2, 0.25) is 5.91 Å². The third-order valence-corrected chi connectivity index (χ3v) is 5.33. The summed E-state index contributed by atoms with van der Waals surface area (Å²) < 4.78 is 7.59. The molecule has 1 fully saturated rings. The second kappa shape index (κ2) is 6.81. The molecule has 1 aromatic carbocycles. The van der Waals surface area contributed by atoms with E-state index in [2.05, 4.69) is 10.3 Å².